The summed E-state index contributed by atoms with van der Waals surface area (Å²) in [6, 6.07) is 0. The average molecular weight is 576 g/mol. The Morgan fingerprint density at radius 2 is 0.800 bits per heavy atom. The Morgan fingerprint density at radius 1 is 0.543 bits per heavy atom. The first-order valence-electron chi connectivity index (χ1n) is 12.8. The fraction of sp³-hybridized carbons (Fsp3) is 1.00. The molecule has 0 saturated heterocycles. The van der Waals surface area contributed by atoms with Gasteiger partial charge in [0.25, 0.3) is 0 Å². The molecule has 14 heteroatoms. The highest BCUT2D eigenvalue weighted by Crippen LogP contribution is 2.52. The summed E-state index contributed by atoms with van der Waals surface area (Å²) in [5, 5.41) is 0. The summed E-state index contributed by atoms with van der Waals surface area (Å²) < 4.78 is 66.3. The second-order valence-corrected chi connectivity index (χ2v) is 14.1. The Morgan fingerprint density at radius 3 is 1.00 bits per heavy atom. The molecule has 0 N–H and O–H groups in total. The van der Waals surface area contributed by atoms with Crippen molar-refractivity contribution in [1.82, 2.24) is 0 Å². The minimum atomic E-state index is -4.32. The third-order valence-corrected chi connectivity index (χ3v) is 12.2. The molecule has 0 spiro atoms. The highest BCUT2D eigenvalue weighted by Gasteiger charge is 2.46. The van der Waals surface area contributed by atoms with E-state index in [1.165, 1.54) is 0 Å². The average Bonchev–Trinajstić information content (AvgIpc) is 2.74. The van der Waals surface area contributed by atoms with Crippen molar-refractivity contribution >= 4 is 36.4 Å². The van der Waals surface area contributed by atoms with E-state index in [1.807, 2.05) is 41.5 Å². The molecule has 3 atom stereocenters. The molecular weight excluding hydrogens is 527 g/mol. The summed E-state index contributed by atoms with van der Waals surface area (Å²) in [4.78, 5) is 0. The van der Waals surface area contributed by atoms with Crippen LogP contribution in [-0.2, 0) is 43.8 Å². The second-order valence-electron chi connectivity index (χ2n) is 7.92. The van der Waals surface area contributed by atoms with Gasteiger partial charge in [0.15, 0.2) is 0 Å². The Labute approximate surface area is 219 Å². The molecule has 0 amide bonds. The molecule has 0 aromatic heterocycles. The van der Waals surface area contributed by atoms with Crippen molar-refractivity contribution in [2.75, 3.05) is 19.8 Å². The summed E-state index contributed by atoms with van der Waals surface area (Å²) in [7, 11) is -11.7. The van der Waals surface area contributed by atoms with Crippen LogP contribution in [0.15, 0.2) is 0 Å². The lowest BCUT2D eigenvalue weighted by Gasteiger charge is -2.28. The first kappa shape index (κ1) is 35.5. The van der Waals surface area contributed by atoms with Crippen LogP contribution >= 0.6 is 7.82 Å². The van der Waals surface area contributed by atoms with E-state index in [-0.39, 0.29) is 18.3 Å². The normalized spacial score (nSPS) is 16.7. The monoisotopic (exact) mass is 575 g/mol. The Bertz CT molecular complexity index is 480. The van der Waals surface area contributed by atoms with Gasteiger partial charge in [0.05, 0.1) is 0 Å². The van der Waals surface area contributed by atoms with Crippen LogP contribution in [0.4, 0.5) is 0 Å². The summed E-state index contributed by atoms with van der Waals surface area (Å²) in [6.45, 7) is 18.3. The van der Waals surface area contributed by atoms with Gasteiger partial charge in [-0.1, -0.05) is 40.0 Å². The van der Waals surface area contributed by atoms with Crippen molar-refractivity contribution < 1.29 is 43.8 Å². The first-order valence-corrected chi connectivity index (χ1v) is 18.0. The molecule has 0 rings (SSSR count). The van der Waals surface area contributed by atoms with Gasteiger partial charge in [-0.15, -0.1) is 0 Å². The predicted molar refractivity (Wildman–Crippen MR) is 139 cm³/mol. The second kappa shape index (κ2) is 21.5. The van der Waals surface area contributed by atoms with Crippen molar-refractivity contribution in [3.8, 4) is 0 Å². The van der Waals surface area contributed by atoms with Crippen LogP contribution in [-0.4, -0.2) is 66.7 Å². The predicted octanol–water partition coefficient (Wildman–Crippen LogP) is 5.82. The first-order chi connectivity index (χ1) is 16.7. The van der Waals surface area contributed by atoms with Gasteiger partial charge in [-0.2, -0.15) is 0 Å². The van der Waals surface area contributed by atoms with Crippen LogP contribution in [0.3, 0.4) is 0 Å². The van der Waals surface area contributed by atoms with Crippen molar-refractivity contribution in [2.45, 2.75) is 119 Å². The fourth-order valence-electron chi connectivity index (χ4n) is 2.82. The van der Waals surface area contributed by atoms with Crippen LogP contribution in [0.5, 0.6) is 0 Å². The fourth-order valence-corrected chi connectivity index (χ4v) is 9.86. The summed E-state index contributed by atoms with van der Waals surface area (Å²) in [5.41, 5.74) is 0. The van der Waals surface area contributed by atoms with Gasteiger partial charge in [-0.3, -0.25) is 12.6 Å². The van der Waals surface area contributed by atoms with Gasteiger partial charge in [0.1, 0.15) is 0 Å². The number of hydrogen-bond acceptors (Lipinski definition) is 10. The van der Waals surface area contributed by atoms with Gasteiger partial charge in [0.2, 0.25) is 0 Å². The molecule has 0 aliphatic carbocycles. The lowest BCUT2D eigenvalue weighted by atomic mass is 10.2. The molecule has 0 aliphatic heterocycles. The molecule has 10 nitrogen and oxygen atoms in total. The minimum absolute atomic E-state index is 0.149. The van der Waals surface area contributed by atoms with E-state index >= 15 is 0 Å². The van der Waals surface area contributed by atoms with Crippen LogP contribution in [0, 0.1) is 0 Å². The molecule has 209 valence electrons. The molecular formula is C21H48O10PSi3. The maximum absolute atomic E-state index is 14.0. The smallest absolute Gasteiger partial charge is 0.371 e. The van der Waals surface area contributed by atoms with Crippen molar-refractivity contribution in [2.24, 2.45) is 0 Å². The molecule has 0 bridgehead atoms. The largest absolute Gasteiger partial charge is 0.586 e. The number of phosphoric acid groups is 1. The summed E-state index contributed by atoms with van der Waals surface area (Å²) >= 11 is 0. The summed E-state index contributed by atoms with van der Waals surface area (Å²) in [6.07, 6.45) is 4.73. The van der Waals surface area contributed by atoms with Crippen LogP contribution in [0.25, 0.3) is 0 Å². The topological polar surface area (TPSA) is 100 Å². The van der Waals surface area contributed by atoms with E-state index in [9.17, 15) is 4.57 Å². The molecule has 35 heavy (non-hydrogen) atoms. The third-order valence-electron chi connectivity index (χ3n) is 4.32. The van der Waals surface area contributed by atoms with Gasteiger partial charge in [-0.05, 0) is 60.8 Å². The number of rotatable bonds is 24. The van der Waals surface area contributed by atoms with Crippen molar-refractivity contribution in [3.05, 3.63) is 0 Å². The maximum atomic E-state index is 14.0. The molecule has 0 saturated carbocycles. The quantitative estimate of drug-likeness (QED) is 0.103. The zero-order valence-electron chi connectivity index (χ0n) is 23.1. The van der Waals surface area contributed by atoms with Gasteiger partial charge in [-0.25, -0.2) is 4.57 Å². The number of hydrogen-bond donors (Lipinski definition) is 0. The lowest BCUT2D eigenvalue weighted by Crippen LogP contribution is -2.37. The van der Waals surface area contributed by atoms with E-state index in [4.69, 9.17) is 39.2 Å². The van der Waals surface area contributed by atoms with E-state index < -0.39 is 36.4 Å². The van der Waals surface area contributed by atoms with Crippen molar-refractivity contribution in [1.29, 1.82) is 0 Å². The summed E-state index contributed by atoms with van der Waals surface area (Å²) in [5.74, 6) is 0. The molecule has 0 aromatic rings. The third kappa shape index (κ3) is 17.6. The van der Waals surface area contributed by atoms with E-state index in [0.29, 0.717) is 19.8 Å². The van der Waals surface area contributed by atoms with E-state index in [2.05, 4.69) is 20.8 Å². The molecule has 3 radical (unpaired) electrons. The highest BCUT2D eigenvalue weighted by molar-refractivity contribution is 7.52. The Kier molecular flexibility index (Phi) is 21.8. The SMILES string of the molecule is CCCC(C)O[Si](OCC)OP(=O)(O[Si](OCC)OC(C)CCC)O[Si](OCC)OC(C)CCC. The molecule has 0 aromatic carbocycles. The molecule has 0 aliphatic rings. The molecule has 0 heterocycles. The molecule has 3 unspecified atom stereocenters. The van der Waals surface area contributed by atoms with Crippen LogP contribution in [0.2, 0.25) is 0 Å². The minimum Gasteiger partial charge on any atom is -0.371 e. The van der Waals surface area contributed by atoms with Crippen LogP contribution < -0.4 is 0 Å². The van der Waals surface area contributed by atoms with Crippen molar-refractivity contribution in [3.63, 3.8) is 0 Å². The standard InChI is InChI=1S/C21H48O10PSi3/c1-10-16-19(7)26-33(23-13-4)29-32(22,30-34(24-14-5)27-20(8)17-11-2)31-35(25-15-6)28-21(9)18-12-3/h19-21H,10-18H2,1-9H3. The zero-order valence-corrected chi connectivity index (χ0v) is 27.0. The molecule has 0 fully saturated rings. The Balaban J connectivity index is 5.86. The van der Waals surface area contributed by atoms with Crippen LogP contribution in [0.1, 0.15) is 101 Å². The van der Waals surface area contributed by atoms with E-state index in [1.54, 1.807) is 0 Å². The zero-order chi connectivity index (χ0) is 26.7. The van der Waals surface area contributed by atoms with E-state index in [0.717, 1.165) is 38.5 Å². The van der Waals surface area contributed by atoms with Gasteiger partial charge in [0, 0.05) is 38.1 Å². The Hall–Kier alpha value is 0.521. The maximum Gasteiger partial charge on any atom is 0.586 e. The van der Waals surface area contributed by atoms with Gasteiger partial charge < -0.3 is 26.6 Å². The van der Waals surface area contributed by atoms with Gasteiger partial charge >= 0.3 is 36.4 Å². The highest BCUT2D eigenvalue weighted by atomic mass is 31.2. The lowest BCUT2D eigenvalue weighted by molar-refractivity contribution is 0.0574.